The molecule has 1 saturated heterocycles. The van der Waals surface area contributed by atoms with Crippen molar-refractivity contribution in [2.45, 2.75) is 11.1 Å². The molecule has 0 atom stereocenters. The van der Waals surface area contributed by atoms with Crippen molar-refractivity contribution < 1.29 is 22.7 Å². The summed E-state index contributed by atoms with van der Waals surface area (Å²) in [6, 6.07) is 8.44. The maximum atomic E-state index is 12.8. The summed E-state index contributed by atoms with van der Waals surface area (Å²) >= 11 is 1.26. The molecule has 1 aromatic carbocycles. The second-order valence-corrected chi connectivity index (χ2v) is 9.58. The second-order valence-electron chi connectivity index (χ2n) is 6.13. The van der Waals surface area contributed by atoms with Crippen molar-refractivity contribution >= 4 is 27.3 Å². The molecule has 1 amide bonds. The molecule has 3 rings (SSSR count). The number of piperazine rings is 1. The summed E-state index contributed by atoms with van der Waals surface area (Å²) in [7, 11) is -0.446. The largest absolute Gasteiger partial charge is 0.493 e. The Morgan fingerprint density at radius 2 is 1.67 bits per heavy atom. The highest BCUT2D eigenvalue weighted by atomic mass is 32.2. The molecule has 0 saturated carbocycles. The van der Waals surface area contributed by atoms with Gasteiger partial charge in [0, 0.05) is 36.6 Å². The average Bonchev–Trinajstić information content (AvgIpc) is 3.14. The van der Waals surface area contributed by atoms with E-state index in [1.807, 2.05) is 6.92 Å². The number of carbonyl (C=O) groups is 1. The number of ether oxygens (including phenoxy) is 2. The van der Waals surface area contributed by atoms with Gasteiger partial charge in [-0.25, -0.2) is 8.42 Å². The number of hydrogen-bond acceptors (Lipinski definition) is 6. The van der Waals surface area contributed by atoms with Crippen molar-refractivity contribution in [3.63, 3.8) is 0 Å². The second kappa shape index (κ2) is 7.87. The molecule has 1 aromatic heterocycles. The fraction of sp³-hybridized carbons (Fsp3) is 0.389. The van der Waals surface area contributed by atoms with Crippen molar-refractivity contribution in [1.82, 2.24) is 9.21 Å². The Hall–Kier alpha value is -2.10. The van der Waals surface area contributed by atoms with E-state index in [-0.39, 0.29) is 19.0 Å². The number of benzene rings is 1. The molecule has 0 bridgehead atoms. The third kappa shape index (κ3) is 3.95. The maximum Gasteiger partial charge on any atom is 0.254 e. The number of sulfonamides is 1. The van der Waals surface area contributed by atoms with E-state index in [2.05, 4.69) is 0 Å². The maximum absolute atomic E-state index is 12.8. The van der Waals surface area contributed by atoms with Crippen molar-refractivity contribution in [2.75, 3.05) is 40.4 Å². The molecule has 9 heteroatoms. The van der Waals surface area contributed by atoms with Crippen LogP contribution in [0.3, 0.4) is 0 Å². The zero-order chi connectivity index (χ0) is 19.6. The van der Waals surface area contributed by atoms with Crippen LogP contribution in [0.15, 0.2) is 34.5 Å². The molecular weight excluding hydrogens is 388 g/mol. The molecular formula is C18H22N2O5S2. The van der Waals surface area contributed by atoms with E-state index in [0.717, 1.165) is 4.88 Å². The van der Waals surface area contributed by atoms with Crippen LogP contribution < -0.4 is 9.47 Å². The zero-order valence-electron chi connectivity index (χ0n) is 15.5. The van der Waals surface area contributed by atoms with Gasteiger partial charge >= 0.3 is 0 Å². The number of amides is 1. The summed E-state index contributed by atoms with van der Waals surface area (Å²) < 4.78 is 37.6. The SMILES string of the molecule is COc1ccc(C(=O)N2CCN(S(=O)(=O)c3ccc(C)s3)CC2)cc1OC. The van der Waals surface area contributed by atoms with E-state index >= 15 is 0 Å². The number of aryl methyl sites for hydroxylation is 1. The number of rotatable bonds is 5. The summed E-state index contributed by atoms with van der Waals surface area (Å²) in [4.78, 5) is 15.4. The van der Waals surface area contributed by atoms with Gasteiger partial charge in [0.05, 0.1) is 14.2 Å². The van der Waals surface area contributed by atoms with Gasteiger partial charge in [-0.2, -0.15) is 4.31 Å². The molecule has 0 spiro atoms. The van der Waals surface area contributed by atoms with Crippen LogP contribution in [0.25, 0.3) is 0 Å². The van der Waals surface area contributed by atoms with Gasteiger partial charge in [0.15, 0.2) is 11.5 Å². The van der Waals surface area contributed by atoms with Crippen molar-refractivity contribution in [3.05, 3.63) is 40.8 Å². The lowest BCUT2D eigenvalue weighted by Crippen LogP contribution is -2.50. The van der Waals surface area contributed by atoms with Crippen LogP contribution in [0.1, 0.15) is 15.2 Å². The van der Waals surface area contributed by atoms with Crippen LogP contribution in [-0.4, -0.2) is 63.9 Å². The molecule has 1 aliphatic heterocycles. The summed E-state index contributed by atoms with van der Waals surface area (Å²) in [6.07, 6.45) is 0. The minimum absolute atomic E-state index is 0.153. The first-order chi connectivity index (χ1) is 12.9. The lowest BCUT2D eigenvalue weighted by atomic mass is 10.1. The third-order valence-corrected chi connectivity index (χ3v) is 7.83. The van der Waals surface area contributed by atoms with Crippen molar-refractivity contribution in [2.24, 2.45) is 0 Å². The Labute approximate surface area is 163 Å². The summed E-state index contributed by atoms with van der Waals surface area (Å²) in [6.45, 7) is 3.12. The number of methoxy groups -OCH3 is 2. The van der Waals surface area contributed by atoms with Gasteiger partial charge < -0.3 is 14.4 Å². The number of thiophene rings is 1. The van der Waals surface area contributed by atoms with Crippen LogP contribution in [0.5, 0.6) is 11.5 Å². The summed E-state index contributed by atoms with van der Waals surface area (Å²) in [5.41, 5.74) is 0.484. The van der Waals surface area contributed by atoms with Crippen molar-refractivity contribution in [1.29, 1.82) is 0 Å². The van der Waals surface area contributed by atoms with Crippen LogP contribution in [0.4, 0.5) is 0 Å². The van der Waals surface area contributed by atoms with Gasteiger partial charge in [0.2, 0.25) is 0 Å². The number of hydrogen-bond donors (Lipinski definition) is 0. The predicted octanol–water partition coefficient (Wildman–Crippen LogP) is 2.22. The molecule has 0 aliphatic carbocycles. The summed E-state index contributed by atoms with van der Waals surface area (Å²) in [5, 5.41) is 0. The van der Waals surface area contributed by atoms with E-state index in [9.17, 15) is 13.2 Å². The van der Waals surface area contributed by atoms with Crippen LogP contribution in [-0.2, 0) is 10.0 Å². The van der Waals surface area contributed by atoms with Crippen molar-refractivity contribution in [3.8, 4) is 11.5 Å². The van der Waals surface area contributed by atoms with Gasteiger partial charge in [-0.3, -0.25) is 4.79 Å². The van der Waals surface area contributed by atoms with E-state index in [4.69, 9.17) is 9.47 Å². The standard InChI is InChI=1S/C18H22N2O5S2/c1-13-4-7-17(26-13)27(22,23)20-10-8-19(9-11-20)18(21)14-5-6-15(24-2)16(12-14)25-3/h4-7,12H,8-11H2,1-3H3. The van der Waals surface area contributed by atoms with E-state index < -0.39 is 10.0 Å². The Morgan fingerprint density at radius 1 is 1.00 bits per heavy atom. The fourth-order valence-electron chi connectivity index (χ4n) is 2.96. The Balaban J connectivity index is 1.69. The Kier molecular flexibility index (Phi) is 5.73. The average molecular weight is 411 g/mol. The zero-order valence-corrected chi connectivity index (χ0v) is 17.1. The molecule has 2 aromatic rings. The van der Waals surface area contributed by atoms with E-state index in [1.54, 1.807) is 35.2 Å². The molecule has 146 valence electrons. The summed E-state index contributed by atoms with van der Waals surface area (Å²) in [5.74, 6) is 0.883. The highest BCUT2D eigenvalue weighted by molar-refractivity contribution is 7.91. The monoisotopic (exact) mass is 410 g/mol. The molecule has 0 unspecified atom stereocenters. The van der Waals surface area contributed by atoms with Gasteiger partial charge in [0.25, 0.3) is 15.9 Å². The minimum Gasteiger partial charge on any atom is -0.493 e. The first-order valence-corrected chi connectivity index (χ1v) is 10.7. The normalized spacial score (nSPS) is 15.6. The highest BCUT2D eigenvalue weighted by Crippen LogP contribution is 2.29. The van der Waals surface area contributed by atoms with Gasteiger partial charge in [-0.1, -0.05) is 0 Å². The fourth-order valence-corrected chi connectivity index (χ4v) is 5.82. The molecule has 27 heavy (non-hydrogen) atoms. The van der Waals surface area contributed by atoms with E-state index in [1.165, 1.54) is 29.9 Å². The number of nitrogens with zero attached hydrogens (tertiary/aromatic N) is 2. The minimum atomic E-state index is -3.50. The van der Waals surface area contributed by atoms with E-state index in [0.29, 0.717) is 34.4 Å². The van der Waals surface area contributed by atoms with Gasteiger partial charge in [0.1, 0.15) is 4.21 Å². The molecule has 7 nitrogen and oxygen atoms in total. The molecule has 0 radical (unpaired) electrons. The molecule has 1 fully saturated rings. The van der Waals surface area contributed by atoms with Gasteiger partial charge in [-0.15, -0.1) is 11.3 Å². The lowest BCUT2D eigenvalue weighted by Gasteiger charge is -2.33. The first kappa shape index (κ1) is 19.7. The predicted molar refractivity (Wildman–Crippen MR) is 103 cm³/mol. The number of carbonyl (C=O) groups excluding carboxylic acids is 1. The Morgan fingerprint density at radius 3 is 2.22 bits per heavy atom. The quantitative estimate of drug-likeness (QED) is 0.756. The third-order valence-electron chi connectivity index (χ3n) is 4.47. The van der Waals surface area contributed by atoms with Crippen LogP contribution in [0.2, 0.25) is 0 Å². The molecule has 1 aliphatic rings. The highest BCUT2D eigenvalue weighted by Gasteiger charge is 2.31. The van der Waals surface area contributed by atoms with Gasteiger partial charge in [-0.05, 0) is 37.3 Å². The smallest absolute Gasteiger partial charge is 0.254 e. The first-order valence-electron chi connectivity index (χ1n) is 8.44. The van der Waals surface area contributed by atoms with Crippen LogP contribution >= 0.6 is 11.3 Å². The van der Waals surface area contributed by atoms with Crippen LogP contribution in [0, 0.1) is 6.92 Å². The topological polar surface area (TPSA) is 76.2 Å². The molecule has 2 heterocycles. The Bertz CT molecular complexity index is 931. The lowest BCUT2D eigenvalue weighted by molar-refractivity contribution is 0.0697. The molecule has 0 N–H and O–H groups in total.